The normalized spacial score (nSPS) is 20.6. The molecule has 2 heterocycles. The molecule has 3 rings (SSSR count). The Hall–Kier alpha value is -1.89. The van der Waals surface area contributed by atoms with Crippen molar-refractivity contribution in [3.05, 3.63) is 34.2 Å². The van der Waals surface area contributed by atoms with E-state index in [1.54, 1.807) is 0 Å². The SMILES string of the molecule is O=C1N=C(N2CCCCC2)S/C1=C\c1cc(F)cc(F)c1O. The van der Waals surface area contributed by atoms with Gasteiger partial charge in [-0.15, -0.1) is 0 Å². The fourth-order valence-corrected chi connectivity index (χ4v) is 3.41. The zero-order valence-electron chi connectivity index (χ0n) is 11.7. The molecule has 7 heteroatoms. The Bertz CT molecular complexity index is 682. The maximum Gasteiger partial charge on any atom is 0.286 e. The molecule has 116 valence electrons. The molecule has 0 aliphatic carbocycles. The first-order chi connectivity index (χ1) is 10.5. The van der Waals surface area contributed by atoms with Crippen LogP contribution in [0, 0.1) is 11.6 Å². The van der Waals surface area contributed by atoms with Crippen LogP contribution in [-0.4, -0.2) is 34.2 Å². The zero-order chi connectivity index (χ0) is 15.7. The topological polar surface area (TPSA) is 52.9 Å². The number of likely N-dealkylation sites (tertiary alicyclic amines) is 1. The molecule has 1 fully saturated rings. The number of hydrogen-bond acceptors (Lipinski definition) is 4. The number of carbonyl (C=O) groups is 1. The van der Waals surface area contributed by atoms with Gasteiger partial charge in [0.05, 0.1) is 4.91 Å². The standard InChI is InChI=1S/C15H14F2N2O2S/c16-10-6-9(13(20)11(17)8-10)7-12-14(21)18-15(22-12)19-4-2-1-3-5-19/h6-8,20H,1-5H2/b12-7-. The number of phenolic OH excluding ortho intramolecular Hbond substituents is 1. The first kappa shape index (κ1) is 15.0. The lowest BCUT2D eigenvalue weighted by Crippen LogP contribution is -2.33. The zero-order valence-corrected chi connectivity index (χ0v) is 12.5. The summed E-state index contributed by atoms with van der Waals surface area (Å²) in [5.74, 6) is -2.99. The molecule has 0 bridgehead atoms. The van der Waals surface area contributed by atoms with Crippen LogP contribution in [0.5, 0.6) is 5.75 Å². The molecule has 1 aromatic carbocycles. The van der Waals surface area contributed by atoms with Crippen molar-refractivity contribution in [3.8, 4) is 5.75 Å². The van der Waals surface area contributed by atoms with Gasteiger partial charge in [0.1, 0.15) is 5.82 Å². The highest BCUT2D eigenvalue weighted by Crippen LogP contribution is 2.33. The fourth-order valence-electron chi connectivity index (χ4n) is 2.46. The van der Waals surface area contributed by atoms with Crippen molar-refractivity contribution in [2.75, 3.05) is 13.1 Å². The summed E-state index contributed by atoms with van der Waals surface area (Å²) in [5.41, 5.74) is -0.0663. The first-order valence-corrected chi connectivity index (χ1v) is 7.82. The predicted octanol–water partition coefficient (Wildman–Crippen LogP) is 3.13. The van der Waals surface area contributed by atoms with Crippen LogP contribution in [0.3, 0.4) is 0 Å². The summed E-state index contributed by atoms with van der Waals surface area (Å²) in [6, 6.07) is 1.58. The smallest absolute Gasteiger partial charge is 0.286 e. The number of aliphatic imine (C=N–C) groups is 1. The molecular weight excluding hydrogens is 310 g/mol. The van der Waals surface area contributed by atoms with Gasteiger partial charge in [0.15, 0.2) is 16.7 Å². The molecule has 0 atom stereocenters. The fraction of sp³-hybridized carbons (Fsp3) is 0.333. The van der Waals surface area contributed by atoms with E-state index >= 15 is 0 Å². The van der Waals surface area contributed by atoms with Gasteiger partial charge >= 0.3 is 0 Å². The van der Waals surface area contributed by atoms with Gasteiger partial charge in [0, 0.05) is 24.7 Å². The third-order valence-electron chi connectivity index (χ3n) is 3.58. The third-order valence-corrected chi connectivity index (χ3v) is 4.62. The van der Waals surface area contributed by atoms with Gasteiger partial charge in [0.2, 0.25) is 0 Å². The third kappa shape index (κ3) is 2.99. The van der Waals surface area contributed by atoms with E-state index in [-0.39, 0.29) is 10.5 Å². The van der Waals surface area contributed by atoms with Gasteiger partial charge in [-0.3, -0.25) is 4.79 Å². The van der Waals surface area contributed by atoms with Crippen LogP contribution in [0.25, 0.3) is 6.08 Å². The van der Waals surface area contributed by atoms with Crippen LogP contribution in [0.4, 0.5) is 8.78 Å². The number of nitrogens with zero attached hydrogens (tertiary/aromatic N) is 2. The van der Waals surface area contributed by atoms with Crippen molar-refractivity contribution in [3.63, 3.8) is 0 Å². The maximum absolute atomic E-state index is 13.3. The number of phenols is 1. The van der Waals surface area contributed by atoms with Crippen molar-refractivity contribution in [1.29, 1.82) is 0 Å². The Kier molecular flexibility index (Phi) is 4.15. The second-order valence-corrected chi connectivity index (χ2v) is 6.19. The van der Waals surface area contributed by atoms with E-state index < -0.39 is 23.3 Å². The molecule has 0 saturated carbocycles. The van der Waals surface area contributed by atoms with E-state index in [0.717, 1.165) is 32.0 Å². The lowest BCUT2D eigenvalue weighted by molar-refractivity contribution is -0.113. The monoisotopic (exact) mass is 324 g/mol. The number of amidine groups is 1. The van der Waals surface area contributed by atoms with E-state index in [9.17, 15) is 18.7 Å². The van der Waals surface area contributed by atoms with Gasteiger partial charge in [-0.25, -0.2) is 8.78 Å². The van der Waals surface area contributed by atoms with Crippen LogP contribution in [0.2, 0.25) is 0 Å². The maximum atomic E-state index is 13.3. The number of rotatable bonds is 1. The largest absolute Gasteiger partial charge is 0.504 e. The summed E-state index contributed by atoms with van der Waals surface area (Å²) in [6.07, 6.45) is 4.56. The summed E-state index contributed by atoms with van der Waals surface area (Å²) >= 11 is 1.17. The van der Waals surface area contributed by atoms with Crippen molar-refractivity contribution in [2.24, 2.45) is 4.99 Å². The molecule has 2 aliphatic heterocycles. The van der Waals surface area contributed by atoms with Crippen molar-refractivity contribution < 1.29 is 18.7 Å². The van der Waals surface area contributed by atoms with Gasteiger partial charge in [-0.1, -0.05) is 0 Å². The quantitative estimate of drug-likeness (QED) is 0.807. The Morgan fingerprint density at radius 2 is 1.95 bits per heavy atom. The summed E-state index contributed by atoms with van der Waals surface area (Å²) in [4.78, 5) is 18.2. The summed E-state index contributed by atoms with van der Waals surface area (Å²) in [5, 5.41) is 10.2. The Morgan fingerprint density at radius 1 is 1.23 bits per heavy atom. The molecule has 4 nitrogen and oxygen atoms in total. The van der Waals surface area contributed by atoms with E-state index in [1.807, 2.05) is 4.90 Å². The van der Waals surface area contributed by atoms with Gasteiger partial charge in [-0.2, -0.15) is 4.99 Å². The number of thioether (sulfide) groups is 1. The number of piperidine rings is 1. The molecule has 1 aromatic rings. The minimum Gasteiger partial charge on any atom is -0.504 e. The molecule has 1 N–H and O–H groups in total. The van der Waals surface area contributed by atoms with E-state index in [2.05, 4.69) is 4.99 Å². The molecule has 0 aromatic heterocycles. The van der Waals surface area contributed by atoms with E-state index in [1.165, 1.54) is 24.3 Å². The van der Waals surface area contributed by atoms with Crippen molar-refractivity contribution >= 4 is 28.9 Å². The molecule has 0 unspecified atom stereocenters. The second kappa shape index (κ2) is 6.08. The number of halogens is 2. The number of carbonyl (C=O) groups excluding carboxylic acids is 1. The number of hydrogen-bond donors (Lipinski definition) is 1. The molecule has 1 saturated heterocycles. The lowest BCUT2D eigenvalue weighted by atomic mass is 10.1. The summed E-state index contributed by atoms with van der Waals surface area (Å²) < 4.78 is 26.6. The number of benzene rings is 1. The Morgan fingerprint density at radius 3 is 2.68 bits per heavy atom. The van der Waals surface area contributed by atoms with Crippen LogP contribution in [0.1, 0.15) is 24.8 Å². The average Bonchev–Trinajstić information content (AvgIpc) is 2.86. The van der Waals surface area contributed by atoms with Gasteiger partial charge < -0.3 is 10.0 Å². The van der Waals surface area contributed by atoms with E-state index in [4.69, 9.17) is 0 Å². The number of aromatic hydroxyl groups is 1. The van der Waals surface area contributed by atoms with Crippen LogP contribution >= 0.6 is 11.8 Å². The van der Waals surface area contributed by atoms with Crippen LogP contribution in [-0.2, 0) is 4.79 Å². The summed E-state index contributed by atoms with van der Waals surface area (Å²) in [7, 11) is 0. The molecule has 0 radical (unpaired) electrons. The average molecular weight is 324 g/mol. The first-order valence-electron chi connectivity index (χ1n) is 7.00. The molecule has 1 amide bonds. The van der Waals surface area contributed by atoms with Crippen LogP contribution < -0.4 is 0 Å². The Labute approximate surface area is 130 Å². The summed E-state index contributed by atoms with van der Waals surface area (Å²) in [6.45, 7) is 1.71. The van der Waals surface area contributed by atoms with Crippen molar-refractivity contribution in [2.45, 2.75) is 19.3 Å². The lowest BCUT2D eigenvalue weighted by Gasteiger charge is -2.27. The highest BCUT2D eigenvalue weighted by molar-refractivity contribution is 8.18. The van der Waals surface area contributed by atoms with Crippen LogP contribution in [0.15, 0.2) is 22.0 Å². The van der Waals surface area contributed by atoms with E-state index in [0.29, 0.717) is 11.2 Å². The number of amides is 1. The molecular formula is C15H14F2N2O2S. The molecule has 22 heavy (non-hydrogen) atoms. The highest BCUT2D eigenvalue weighted by Gasteiger charge is 2.27. The highest BCUT2D eigenvalue weighted by atomic mass is 32.2. The molecule has 0 spiro atoms. The minimum absolute atomic E-state index is 0.0663. The molecule has 2 aliphatic rings. The minimum atomic E-state index is -1.06. The second-order valence-electron chi connectivity index (χ2n) is 5.18. The van der Waals surface area contributed by atoms with Gasteiger partial charge in [0.25, 0.3) is 5.91 Å². The van der Waals surface area contributed by atoms with Crippen molar-refractivity contribution in [1.82, 2.24) is 4.90 Å². The predicted molar refractivity (Wildman–Crippen MR) is 81.5 cm³/mol. The Balaban J connectivity index is 1.84. The van der Waals surface area contributed by atoms with Gasteiger partial charge in [-0.05, 0) is 43.2 Å².